The van der Waals surface area contributed by atoms with E-state index < -0.39 is 0 Å². The molecule has 1 atom stereocenters. The lowest BCUT2D eigenvalue weighted by Gasteiger charge is -2.34. The minimum Gasteiger partial charge on any atom is -0.374 e. The second-order valence-electron chi connectivity index (χ2n) is 6.18. The molecule has 1 amide bonds. The van der Waals surface area contributed by atoms with Gasteiger partial charge in [-0.2, -0.15) is 4.98 Å². The molecule has 2 aromatic heterocycles. The van der Waals surface area contributed by atoms with Crippen LogP contribution in [0.2, 0.25) is 5.28 Å². The first kappa shape index (κ1) is 16.1. The van der Waals surface area contributed by atoms with Crippen molar-refractivity contribution >= 4 is 44.9 Å². The number of anilines is 1. The number of aromatic nitrogens is 2. The summed E-state index contributed by atoms with van der Waals surface area (Å²) < 4.78 is 6.85. The van der Waals surface area contributed by atoms with Crippen molar-refractivity contribution in [3.8, 4) is 0 Å². The van der Waals surface area contributed by atoms with E-state index in [0.29, 0.717) is 19.6 Å². The maximum atomic E-state index is 12.4. The fourth-order valence-electron chi connectivity index (χ4n) is 3.36. The third-order valence-electron chi connectivity index (χ3n) is 4.56. The molecule has 2 fully saturated rings. The molecule has 0 bridgehead atoms. The Kier molecular flexibility index (Phi) is 4.56. The number of hydrogen-bond donors (Lipinski definition) is 0. The first-order chi connectivity index (χ1) is 11.7. The molecule has 0 aromatic carbocycles. The molecule has 4 heterocycles. The molecule has 0 spiro atoms. The summed E-state index contributed by atoms with van der Waals surface area (Å²) in [5.41, 5.74) is 0.867. The van der Waals surface area contributed by atoms with E-state index >= 15 is 0 Å². The number of carbonyl (C=O) groups is 1. The molecule has 2 aliphatic rings. The molecule has 2 saturated heterocycles. The maximum absolute atomic E-state index is 12.4. The average Bonchev–Trinajstić information content (AvgIpc) is 3.25. The van der Waals surface area contributed by atoms with Gasteiger partial charge < -0.3 is 14.5 Å². The van der Waals surface area contributed by atoms with E-state index in [2.05, 4.69) is 14.9 Å². The maximum Gasteiger partial charge on any atom is 0.225 e. The van der Waals surface area contributed by atoms with Crippen molar-refractivity contribution in [3.63, 3.8) is 0 Å². The molecule has 0 radical (unpaired) electrons. The van der Waals surface area contributed by atoms with Crippen LogP contribution in [0.5, 0.6) is 0 Å². The molecule has 8 heteroatoms. The Morgan fingerprint density at radius 3 is 3.00 bits per heavy atom. The highest BCUT2D eigenvalue weighted by atomic mass is 35.5. The van der Waals surface area contributed by atoms with Gasteiger partial charge in [-0.15, -0.1) is 11.3 Å². The minimum atomic E-state index is -0.101. The Balaban J connectivity index is 1.49. The summed E-state index contributed by atoms with van der Waals surface area (Å²) in [6, 6.07) is 1.95. The second kappa shape index (κ2) is 6.82. The van der Waals surface area contributed by atoms with Crippen molar-refractivity contribution in [1.82, 2.24) is 14.9 Å². The lowest BCUT2D eigenvalue weighted by molar-refractivity contribution is -0.133. The molecule has 4 rings (SSSR count). The van der Waals surface area contributed by atoms with Gasteiger partial charge in [-0.05, 0) is 35.9 Å². The van der Waals surface area contributed by atoms with Crippen LogP contribution < -0.4 is 4.90 Å². The molecule has 24 heavy (non-hydrogen) atoms. The van der Waals surface area contributed by atoms with Gasteiger partial charge in [0, 0.05) is 26.2 Å². The molecule has 2 aliphatic heterocycles. The smallest absolute Gasteiger partial charge is 0.225 e. The summed E-state index contributed by atoms with van der Waals surface area (Å²) in [5, 5.41) is 2.25. The third-order valence-corrected chi connectivity index (χ3v) is 5.63. The highest BCUT2D eigenvalue weighted by molar-refractivity contribution is 7.17. The Morgan fingerprint density at radius 2 is 2.17 bits per heavy atom. The van der Waals surface area contributed by atoms with E-state index in [1.54, 1.807) is 11.3 Å². The highest BCUT2D eigenvalue weighted by Gasteiger charge is 2.28. The predicted octanol–water partition coefficient (Wildman–Crippen LogP) is 2.56. The van der Waals surface area contributed by atoms with Crippen LogP contribution in [0, 0.1) is 0 Å². The van der Waals surface area contributed by atoms with Gasteiger partial charge in [0.1, 0.15) is 0 Å². The number of likely N-dealkylation sites (tertiary alicyclic amines) is 1. The van der Waals surface area contributed by atoms with Crippen LogP contribution in [0.25, 0.3) is 10.2 Å². The summed E-state index contributed by atoms with van der Waals surface area (Å²) in [7, 11) is 0. The molecule has 0 N–H and O–H groups in total. The number of hydrogen-bond acceptors (Lipinski definition) is 6. The van der Waals surface area contributed by atoms with E-state index in [1.807, 2.05) is 16.3 Å². The number of fused-ring (bicyclic) bond motifs is 1. The first-order valence-corrected chi connectivity index (χ1v) is 9.51. The number of ether oxygens (including phenoxy) is 1. The lowest BCUT2D eigenvalue weighted by Crippen LogP contribution is -2.45. The molecule has 2 aromatic rings. The third kappa shape index (κ3) is 3.20. The summed E-state index contributed by atoms with van der Waals surface area (Å²) in [6.07, 6.45) is 2.55. The zero-order chi connectivity index (χ0) is 16.5. The van der Waals surface area contributed by atoms with Gasteiger partial charge >= 0.3 is 0 Å². The average molecular weight is 367 g/mol. The van der Waals surface area contributed by atoms with E-state index in [9.17, 15) is 4.79 Å². The van der Waals surface area contributed by atoms with Crippen LogP contribution in [-0.2, 0) is 9.53 Å². The summed E-state index contributed by atoms with van der Waals surface area (Å²) >= 11 is 7.68. The van der Waals surface area contributed by atoms with Gasteiger partial charge in [0.05, 0.1) is 29.3 Å². The number of carbonyl (C=O) groups excluding carboxylic acids is 1. The van der Waals surface area contributed by atoms with Crippen molar-refractivity contribution in [3.05, 3.63) is 16.7 Å². The van der Waals surface area contributed by atoms with Crippen LogP contribution in [-0.4, -0.2) is 59.7 Å². The highest BCUT2D eigenvalue weighted by Crippen LogP contribution is 2.31. The summed E-state index contributed by atoms with van der Waals surface area (Å²) in [6.45, 7) is 3.75. The Labute approximate surface area is 149 Å². The fraction of sp³-hybridized carbons (Fsp3) is 0.562. The van der Waals surface area contributed by atoms with Gasteiger partial charge in [0.2, 0.25) is 11.2 Å². The van der Waals surface area contributed by atoms with Crippen LogP contribution >= 0.6 is 22.9 Å². The quantitative estimate of drug-likeness (QED) is 0.781. The van der Waals surface area contributed by atoms with Gasteiger partial charge in [-0.1, -0.05) is 0 Å². The van der Waals surface area contributed by atoms with Crippen LogP contribution in [0.1, 0.15) is 19.3 Å². The molecule has 1 unspecified atom stereocenters. The molecule has 6 nitrogen and oxygen atoms in total. The normalized spacial score (nSPS) is 21.6. The zero-order valence-electron chi connectivity index (χ0n) is 13.3. The first-order valence-electron chi connectivity index (χ1n) is 8.26. The molecular weight excluding hydrogens is 348 g/mol. The second-order valence-corrected chi connectivity index (χ2v) is 7.44. The number of nitrogens with zero attached hydrogens (tertiary/aromatic N) is 4. The standard InChI is InChI=1S/C16H19ClN4O2S/c17-16-18-12-3-8-24-14(12)15(19-16)21-6-7-23-11(10-21)9-13(22)20-4-1-2-5-20/h3,8,11H,1-2,4-7,9-10H2. The van der Waals surface area contributed by atoms with Gasteiger partial charge in [-0.25, -0.2) is 4.98 Å². The van der Waals surface area contributed by atoms with Gasteiger partial charge in [0.25, 0.3) is 0 Å². The summed E-state index contributed by atoms with van der Waals surface area (Å²) in [4.78, 5) is 25.2. The van der Waals surface area contributed by atoms with Crippen LogP contribution in [0.4, 0.5) is 5.82 Å². The van der Waals surface area contributed by atoms with E-state index in [1.165, 1.54) is 0 Å². The van der Waals surface area contributed by atoms with Gasteiger partial charge in [0.15, 0.2) is 5.82 Å². The van der Waals surface area contributed by atoms with Gasteiger partial charge in [-0.3, -0.25) is 4.79 Å². The summed E-state index contributed by atoms with van der Waals surface area (Å²) in [5.74, 6) is 1.04. The monoisotopic (exact) mass is 366 g/mol. The van der Waals surface area contributed by atoms with Crippen molar-refractivity contribution in [2.45, 2.75) is 25.4 Å². The van der Waals surface area contributed by atoms with Crippen molar-refractivity contribution in [2.75, 3.05) is 37.7 Å². The Hall–Kier alpha value is -1.44. The fourth-order valence-corrected chi connectivity index (χ4v) is 4.38. The molecule has 0 saturated carbocycles. The Morgan fingerprint density at radius 1 is 1.33 bits per heavy atom. The number of thiophene rings is 1. The van der Waals surface area contributed by atoms with Crippen LogP contribution in [0.3, 0.4) is 0 Å². The number of amides is 1. The van der Waals surface area contributed by atoms with E-state index in [4.69, 9.17) is 16.3 Å². The largest absolute Gasteiger partial charge is 0.374 e. The number of rotatable bonds is 3. The minimum absolute atomic E-state index is 0.101. The van der Waals surface area contributed by atoms with E-state index in [0.717, 1.165) is 48.5 Å². The van der Waals surface area contributed by atoms with Crippen molar-refractivity contribution < 1.29 is 9.53 Å². The number of halogens is 1. The zero-order valence-corrected chi connectivity index (χ0v) is 14.9. The van der Waals surface area contributed by atoms with E-state index in [-0.39, 0.29) is 17.3 Å². The lowest BCUT2D eigenvalue weighted by atomic mass is 10.2. The molecular formula is C16H19ClN4O2S. The van der Waals surface area contributed by atoms with Crippen LogP contribution in [0.15, 0.2) is 11.4 Å². The van der Waals surface area contributed by atoms with Crippen molar-refractivity contribution in [2.24, 2.45) is 0 Å². The number of morpholine rings is 1. The predicted molar refractivity (Wildman–Crippen MR) is 94.8 cm³/mol. The van der Waals surface area contributed by atoms with Crippen molar-refractivity contribution in [1.29, 1.82) is 0 Å². The Bertz CT molecular complexity index is 747. The SMILES string of the molecule is O=C(CC1CN(c2nc(Cl)nc3ccsc23)CCO1)N1CCCC1. The molecule has 0 aliphatic carbocycles. The topological polar surface area (TPSA) is 58.6 Å². The molecule has 128 valence electrons.